The standard InChI is InChI=1S/C25H22N2O4/c1-16-7-12-20-18(15-31-23(20)13-16)14-24(28)26-19-10-8-17(9-11-19)25(29)27-21-5-3-4-6-22(21)30-2/h3-13,15H,14H2,1-2H3,(H,26,28)(H,27,29). The van der Waals surface area contributed by atoms with Gasteiger partial charge in [-0.3, -0.25) is 9.59 Å². The third-order valence-corrected chi connectivity index (χ3v) is 4.95. The van der Waals surface area contributed by atoms with Crippen LogP contribution in [0.1, 0.15) is 21.5 Å². The number of para-hydroxylation sites is 2. The molecule has 6 nitrogen and oxygen atoms in total. The van der Waals surface area contributed by atoms with E-state index in [0.29, 0.717) is 22.7 Å². The van der Waals surface area contributed by atoms with Crippen molar-refractivity contribution in [2.75, 3.05) is 17.7 Å². The summed E-state index contributed by atoms with van der Waals surface area (Å²) < 4.78 is 10.8. The monoisotopic (exact) mass is 414 g/mol. The van der Waals surface area contributed by atoms with Crippen LogP contribution in [0.5, 0.6) is 5.75 Å². The lowest BCUT2D eigenvalue weighted by Gasteiger charge is -2.10. The largest absolute Gasteiger partial charge is 0.495 e. The van der Waals surface area contributed by atoms with E-state index in [1.54, 1.807) is 49.8 Å². The number of hydrogen-bond acceptors (Lipinski definition) is 4. The highest BCUT2D eigenvalue weighted by Gasteiger charge is 2.12. The molecule has 0 saturated heterocycles. The third-order valence-electron chi connectivity index (χ3n) is 4.95. The number of aryl methyl sites for hydroxylation is 1. The first-order valence-corrected chi connectivity index (χ1v) is 9.84. The molecule has 4 aromatic rings. The van der Waals surface area contributed by atoms with Crippen LogP contribution >= 0.6 is 0 Å². The van der Waals surface area contributed by atoms with Crippen molar-refractivity contribution in [3.8, 4) is 5.75 Å². The maximum absolute atomic E-state index is 12.5. The fraction of sp³-hybridized carbons (Fsp3) is 0.120. The van der Waals surface area contributed by atoms with Crippen molar-refractivity contribution >= 4 is 34.2 Å². The Hall–Kier alpha value is -4.06. The molecule has 0 radical (unpaired) electrons. The summed E-state index contributed by atoms with van der Waals surface area (Å²) in [5.74, 6) is 0.165. The van der Waals surface area contributed by atoms with Crippen LogP contribution in [0.3, 0.4) is 0 Å². The molecule has 0 atom stereocenters. The number of ether oxygens (including phenoxy) is 1. The van der Waals surface area contributed by atoms with Gasteiger partial charge in [0.05, 0.1) is 25.5 Å². The quantitative estimate of drug-likeness (QED) is 0.455. The van der Waals surface area contributed by atoms with Crippen LogP contribution in [0.25, 0.3) is 11.0 Å². The van der Waals surface area contributed by atoms with E-state index in [9.17, 15) is 9.59 Å². The van der Waals surface area contributed by atoms with E-state index in [2.05, 4.69) is 10.6 Å². The second-order valence-corrected chi connectivity index (χ2v) is 7.22. The van der Waals surface area contributed by atoms with Crippen LogP contribution in [0, 0.1) is 6.92 Å². The van der Waals surface area contributed by atoms with Gasteiger partial charge in [0.25, 0.3) is 5.91 Å². The van der Waals surface area contributed by atoms with Gasteiger partial charge in [-0.1, -0.05) is 24.3 Å². The maximum Gasteiger partial charge on any atom is 0.255 e. The summed E-state index contributed by atoms with van der Waals surface area (Å²) in [5, 5.41) is 6.62. The highest BCUT2D eigenvalue weighted by Crippen LogP contribution is 2.25. The van der Waals surface area contributed by atoms with Crippen LogP contribution in [-0.2, 0) is 11.2 Å². The first-order chi connectivity index (χ1) is 15.0. The summed E-state index contributed by atoms with van der Waals surface area (Å²) in [6.45, 7) is 1.99. The summed E-state index contributed by atoms with van der Waals surface area (Å²) in [4.78, 5) is 25.0. The molecule has 0 bridgehead atoms. The Labute approximate surface area is 179 Å². The molecule has 0 fully saturated rings. The van der Waals surface area contributed by atoms with Gasteiger partial charge in [0.15, 0.2) is 0 Å². The van der Waals surface area contributed by atoms with Crippen molar-refractivity contribution in [1.29, 1.82) is 0 Å². The molecule has 31 heavy (non-hydrogen) atoms. The Morgan fingerprint density at radius 2 is 1.74 bits per heavy atom. The minimum Gasteiger partial charge on any atom is -0.495 e. The van der Waals surface area contributed by atoms with E-state index in [0.717, 1.165) is 22.1 Å². The molecule has 0 unspecified atom stereocenters. The number of nitrogens with one attached hydrogen (secondary N) is 2. The Bertz CT molecular complexity index is 1240. The molecule has 0 aliphatic carbocycles. The van der Waals surface area contributed by atoms with Crippen molar-refractivity contribution in [1.82, 2.24) is 0 Å². The molecular weight excluding hydrogens is 392 g/mol. The molecule has 0 aliphatic heterocycles. The fourth-order valence-corrected chi connectivity index (χ4v) is 3.35. The molecule has 6 heteroatoms. The molecule has 1 heterocycles. The number of rotatable bonds is 6. The van der Waals surface area contributed by atoms with Gasteiger partial charge in [0.2, 0.25) is 5.91 Å². The lowest BCUT2D eigenvalue weighted by molar-refractivity contribution is -0.115. The molecule has 0 spiro atoms. The molecule has 2 N–H and O–H groups in total. The van der Waals surface area contributed by atoms with Gasteiger partial charge in [-0.15, -0.1) is 0 Å². The van der Waals surface area contributed by atoms with Gasteiger partial charge in [0.1, 0.15) is 11.3 Å². The predicted molar refractivity (Wildman–Crippen MR) is 121 cm³/mol. The zero-order valence-corrected chi connectivity index (χ0v) is 17.3. The van der Waals surface area contributed by atoms with E-state index in [1.165, 1.54) is 0 Å². The minimum absolute atomic E-state index is 0.158. The maximum atomic E-state index is 12.5. The van der Waals surface area contributed by atoms with E-state index in [4.69, 9.17) is 9.15 Å². The number of anilines is 2. The number of carbonyl (C=O) groups is 2. The van der Waals surface area contributed by atoms with Gasteiger partial charge in [-0.2, -0.15) is 0 Å². The first-order valence-electron chi connectivity index (χ1n) is 9.84. The van der Waals surface area contributed by atoms with Crippen LogP contribution in [0.2, 0.25) is 0 Å². The van der Waals surface area contributed by atoms with E-state index < -0.39 is 0 Å². The molecule has 1 aromatic heterocycles. The normalized spacial score (nSPS) is 10.6. The van der Waals surface area contributed by atoms with Crippen molar-refractivity contribution in [3.63, 3.8) is 0 Å². The first kappa shape index (κ1) is 20.2. The number of amides is 2. The lowest BCUT2D eigenvalue weighted by Crippen LogP contribution is -2.15. The molecule has 3 aromatic carbocycles. The summed E-state index contributed by atoms with van der Waals surface area (Å²) in [5.41, 5.74) is 4.39. The Kier molecular flexibility index (Phi) is 5.71. The summed E-state index contributed by atoms with van der Waals surface area (Å²) in [7, 11) is 1.55. The Morgan fingerprint density at radius 3 is 2.52 bits per heavy atom. The van der Waals surface area contributed by atoms with Gasteiger partial charge in [-0.25, -0.2) is 0 Å². The molecular formula is C25H22N2O4. The highest BCUT2D eigenvalue weighted by molar-refractivity contribution is 6.05. The van der Waals surface area contributed by atoms with Crippen molar-refractivity contribution in [2.45, 2.75) is 13.3 Å². The average molecular weight is 414 g/mol. The van der Waals surface area contributed by atoms with E-state index >= 15 is 0 Å². The van der Waals surface area contributed by atoms with Crippen molar-refractivity contribution in [2.24, 2.45) is 0 Å². The van der Waals surface area contributed by atoms with Gasteiger partial charge in [0, 0.05) is 22.2 Å². The lowest BCUT2D eigenvalue weighted by atomic mass is 10.1. The van der Waals surface area contributed by atoms with Crippen LogP contribution < -0.4 is 15.4 Å². The SMILES string of the molecule is COc1ccccc1NC(=O)c1ccc(NC(=O)Cc2coc3cc(C)ccc23)cc1. The minimum atomic E-state index is -0.262. The average Bonchev–Trinajstić information content (AvgIpc) is 3.16. The molecule has 0 saturated carbocycles. The second kappa shape index (κ2) is 8.75. The zero-order chi connectivity index (χ0) is 21.8. The summed E-state index contributed by atoms with van der Waals surface area (Å²) in [6.07, 6.45) is 1.82. The molecule has 2 amide bonds. The van der Waals surface area contributed by atoms with Gasteiger partial charge >= 0.3 is 0 Å². The Morgan fingerprint density at radius 1 is 0.968 bits per heavy atom. The summed E-state index contributed by atoms with van der Waals surface area (Å²) >= 11 is 0. The number of benzene rings is 3. The molecule has 156 valence electrons. The Balaban J connectivity index is 1.39. The van der Waals surface area contributed by atoms with Crippen molar-refractivity contribution in [3.05, 3.63) is 89.7 Å². The van der Waals surface area contributed by atoms with Crippen LogP contribution in [-0.4, -0.2) is 18.9 Å². The second-order valence-electron chi connectivity index (χ2n) is 7.22. The van der Waals surface area contributed by atoms with E-state index in [1.807, 2.05) is 37.3 Å². The number of fused-ring (bicyclic) bond motifs is 1. The number of carbonyl (C=O) groups excluding carboxylic acids is 2. The van der Waals surface area contributed by atoms with Crippen molar-refractivity contribution < 1.29 is 18.7 Å². The van der Waals surface area contributed by atoms with E-state index in [-0.39, 0.29) is 18.2 Å². The highest BCUT2D eigenvalue weighted by atomic mass is 16.5. The molecule has 0 aliphatic rings. The topological polar surface area (TPSA) is 80.6 Å². The third kappa shape index (κ3) is 4.59. The summed E-state index contributed by atoms with van der Waals surface area (Å²) in [6, 6.07) is 19.8. The van der Waals surface area contributed by atoms with Crippen LogP contribution in [0.4, 0.5) is 11.4 Å². The van der Waals surface area contributed by atoms with Crippen LogP contribution in [0.15, 0.2) is 77.4 Å². The van der Waals surface area contributed by atoms with Gasteiger partial charge < -0.3 is 19.8 Å². The van der Waals surface area contributed by atoms with Gasteiger partial charge in [-0.05, 0) is 55.0 Å². The zero-order valence-electron chi connectivity index (χ0n) is 17.3. The number of methoxy groups -OCH3 is 1. The number of hydrogen-bond donors (Lipinski definition) is 2. The smallest absolute Gasteiger partial charge is 0.255 e. The molecule has 4 rings (SSSR count). The predicted octanol–water partition coefficient (Wildman–Crippen LogP) is 5.18. The fourth-order valence-electron chi connectivity index (χ4n) is 3.35. The number of furan rings is 1.